The number of hydrogen-bond donors (Lipinski definition) is 2. The van der Waals surface area contributed by atoms with Crippen molar-refractivity contribution in [1.29, 1.82) is 0 Å². The van der Waals surface area contributed by atoms with Crippen LogP contribution in [0.15, 0.2) is 0 Å². The van der Waals surface area contributed by atoms with Gasteiger partial charge in [0.15, 0.2) is 0 Å². The Bertz CT molecular complexity index is 213. The molecule has 1 unspecified atom stereocenters. The number of rotatable bonds is 8. The Kier molecular flexibility index (Phi) is 5.73. The molecule has 1 amide bonds. The SMILES string of the molecule is COCC(CCO)NCC(=O)N(C)C1CC1. The van der Waals surface area contributed by atoms with E-state index in [0.717, 1.165) is 12.8 Å². The minimum Gasteiger partial charge on any atom is -0.396 e. The maximum absolute atomic E-state index is 11.7. The number of nitrogens with zero attached hydrogens (tertiary/aromatic N) is 1. The van der Waals surface area contributed by atoms with E-state index in [4.69, 9.17) is 9.84 Å². The zero-order chi connectivity index (χ0) is 12.0. The van der Waals surface area contributed by atoms with Gasteiger partial charge in [0.2, 0.25) is 5.91 Å². The first-order valence-corrected chi connectivity index (χ1v) is 5.78. The van der Waals surface area contributed by atoms with E-state index in [0.29, 0.717) is 25.6 Å². The number of amides is 1. The van der Waals surface area contributed by atoms with Crippen molar-refractivity contribution < 1.29 is 14.6 Å². The van der Waals surface area contributed by atoms with E-state index in [1.807, 2.05) is 7.05 Å². The standard InChI is InChI=1S/C11H22N2O3/c1-13(10-3-4-10)11(15)7-12-9(5-6-14)8-16-2/h9-10,12,14H,3-8H2,1-2H3. The van der Waals surface area contributed by atoms with Gasteiger partial charge in [-0.1, -0.05) is 0 Å². The normalized spacial score (nSPS) is 17.2. The molecule has 1 rings (SSSR count). The van der Waals surface area contributed by atoms with Crippen LogP contribution < -0.4 is 5.32 Å². The van der Waals surface area contributed by atoms with Crippen LogP contribution in [-0.2, 0) is 9.53 Å². The number of aliphatic hydroxyl groups excluding tert-OH is 1. The molecule has 0 aromatic carbocycles. The van der Waals surface area contributed by atoms with Gasteiger partial charge in [0, 0.05) is 32.8 Å². The third kappa shape index (κ3) is 4.47. The molecule has 5 heteroatoms. The second-order valence-electron chi connectivity index (χ2n) is 4.28. The predicted octanol–water partition coefficient (Wildman–Crippen LogP) is -0.406. The van der Waals surface area contributed by atoms with Crippen molar-refractivity contribution in [3.63, 3.8) is 0 Å². The van der Waals surface area contributed by atoms with Crippen molar-refractivity contribution in [1.82, 2.24) is 10.2 Å². The molecule has 1 aliphatic rings. The Balaban J connectivity index is 2.21. The molecule has 2 N–H and O–H groups in total. The third-order valence-corrected chi connectivity index (χ3v) is 2.88. The predicted molar refractivity (Wildman–Crippen MR) is 61.2 cm³/mol. The lowest BCUT2D eigenvalue weighted by Crippen LogP contribution is -2.42. The summed E-state index contributed by atoms with van der Waals surface area (Å²) in [4.78, 5) is 13.5. The Morgan fingerprint density at radius 3 is 2.81 bits per heavy atom. The summed E-state index contributed by atoms with van der Waals surface area (Å²) in [6.45, 7) is 0.940. The van der Waals surface area contributed by atoms with Gasteiger partial charge in [0.25, 0.3) is 0 Å². The maximum Gasteiger partial charge on any atom is 0.236 e. The van der Waals surface area contributed by atoms with Gasteiger partial charge in [-0.2, -0.15) is 0 Å². The Morgan fingerprint density at radius 2 is 2.31 bits per heavy atom. The average molecular weight is 230 g/mol. The highest BCUT2D eigenvalue weighted by molar-refractivity contribution is 5.78. The lowest BCUT2D eigenvalue weighted by Gasteiger charge is -2.20. The summed E-state index contributed by atoms with van der Waals surface area (Å²) in [5, 5.41) is 12.0. The van der Waals surface area contributed by atoms with Crippen molar-refractivity contribution in [3.8, 4) is 0 Å². The number of carbonyl (C=O) groups excluding carboxylic acids is 1. The van der Waals surface area contributed by atoms with Gasteiger partial charge in [-0.3, -0.25) is 4.79 Å². The van der Waals surface area contributed by atoms with E-state index in [2.05, 4.69) is 5.32 Å². The highest BCUT2D eigenvalue weighted by Gasteiger charge is 2.29. The fraction of sp³-hybridized carbons (Fsp3) is 0.909. The van der Waals surface area contributed by atoms with E-state index in [9.17, 15) is 4.79 Å². The number of nitrogens with one attached hydrogen (secondary N) is 1. The molecule has 0 radical (unpaired) electrons. The summed E-state index contributed by atoms with van der Waals surface area (Å²) in [6.07, 6.45) is 2.86. The summed E-state index contributed by atoms with van der Waals surface area (Å²) >= 11 is 0. The Morgan fingerprint density at radius 1 is 1.62 bits per heavy atom. The average Bonchev–Trinajstić information content (AvgIpc) is 3.09. The van der Waals surface area contributed by atoms with E-state index < -0.39 is 0 Å². The molecule has 1 saturated carbocycles. The monoisotopic (exact) mass is 230 g/mol. The second-order valence-corrected chi connectivity index (χ2v) is 4.28. The molecule has 94 valence electrons. The van der Waals surface area contributed by atoms with Crippen LogP contribution in [0.2, 0.25) is 0 Å². The summed E-state index contributed by atoms with van der Waals surface area (Å²) in [5.41, 5.74) is 0. The van der Waals surface area contributed by atoms with Crippen molar-refractivity contribution >= 4 is 5.91 Å². The fourth-order valence-electron chi connectivity index (χ4n) is 1.62. The van der Waals surface area contributed by atoms with Gasteiger partial charge < -0.3 is 20.1 Å². The van der Waals surface area contributed by atoms with Crippen LogP contribution >= 0.6 is 0 Å². The zero-order valence-electron chi connectivity index (χ0n) is 10.1. The first-order chi connectivity index (χ1) is 7.69. The first-order valence-electron chi connectivity index (χ1n) is 5.78. The van der Waals surface area contributed by atoms with Crippen molar-refractivity contribution in [2.24, 2.45) is 0 Å². The minimum absolute atomic E-state index is 0.0477. The minimum atomic E-state index is 0.0477. The third-order valence-electron chi connectivity index (χ3n) is 2.88. The van der Waals surface area contributed by atoms with Crippen LogP contribution in [0.25, 0.3) is 0 Å². The molecule has 1 aliphatic carbocycles. The molecule has 1 fully saturated rings. The lowest BCUT2D eigenvalue weighted by molar-refractivity contribution is -0.129. The number of ether oxygens (including phenoxy) is 1. The van der Waals surface area contributed by atoms with Crippen LogP contribution in [0.4, 0.5) is 0 Å². The smallest absolute Gasteiger partial charge is 0.236 e. The maximum atomic E-state index is 11.7. The molecule has 0 bridgehead atoms. The molecule has 0 aromatic heterocycles. The van der Waals surface area contributed by atoms with Crippen LogP contribution in [0, 0.1) is 0 Å². The lowest BCUT2D eigenvalue weighted by atomic mass is 10.2. The largest absolute Gasteiger partial charge is 0.396 e. The van der Waals surface area contributed by atoms with Crippen molar-refractivity contribution in [2.75, 3.05) is 33.9 Å². The first kappa shape index (κ1) is 13.4. The number of aliphatic hydroxyl groups is 1. The van der Waals surface area contributed by atoms with E-state index in [1.165, 1.54) is 0 Å². The highest BCUT2D eigenvalue weighted by atomic mass is 16.5. The topological polar surface area (TPSA) is 61.8 Å². The van der Waals surface area contributed by atoms with Crippen LogP contribution in [0.3, 0.4) is 0 Å². The molecule has 0 saturated heterocycles. The zero-order valence-corrected chi connectivity index (χ0v) is 10.1. The van der Waals surface area contributed by atoms with Crippen LogP contribution in [0.5, 0.6) is 0 Å². The fourth-order valence-corrected chi connectivity index (χ4v) is 1.62. The van der Waals surface area contributed by atoms with E-state index >= 15 is 0 Å². The molecular formula is C11H22N2O3. The summed E-state index contributed by atoms with van der Waals surface area (Å²) in [7, 11) is 3.46. The molecular weight excluding hydrogens is 208 g/mol. The molecule has 1 atom stereocenters. The van der Waals surface area contributed by atoms with Crippen molar-refractivity contribution in [2.45, 2.75) is 31.3 Å². The van der Waals surface area contributed by atoms with Crippen LogP contribution in [-0.4, -0.2) is 61.9 Å². The molecule has 0 aromatic rings. The molecule has 0 aliphatic heterocycles. The second kappa shape index (κ2) is 6.83. The molecule has 0 heterocycles. The molecule has 16 heavy (non-hydrogen) atoms. The quantitative estimate of drug-likeness (QED) is 0.595. The Labute approximate surface area is 96.8 Å². The number of likely N-dealkylation sites (N-methyl/N-ethyl adjacent to an activating group) is 1. The van der Waals surface area contributed by atoms with Gasteiger partial charge in [-0.05, 0) is 19.3 Å². The van der Waals surface area contributed by atoms with Gasteiger partial charge in [-0.15, -0.1) is 0 Å². The van der Waals surface area contributed by atoms with Gasteiger partial charge in [-0.25, -0.2) is 0 Å². The van der Waals surface area contributed by atoms with Gasteiger partial charge in [0.05, 0.1) is 13.2 Å². The van der Waals surface area contributed by atoms with E-state index in [1.54, 1.807) is 12.0 Å². The van der Waals surface area contributed by atoms with Crippen molar-refractivity contribution in [3.05, 3.63) is 0 Å². The van der Waals surface area contributed by atoms with Gasteiger partial charge in [0.1, 0.15) is 0 Å². The highest BCUT2D eigenvalue weighted by Crippen LogP contribution is 2.25. The van der Waals surface area contributed by atoms with Gasteiger partial charge >= 0.3 is 0 Å². The number of hydrogen-bond acceptors (Lipinski definition) is 4. The van der Waals surface area contributed by atoms with Crippen LogP contribution in [0.1, 0.15) is 19.3 Å². The molecule has 0 spiro atoms. The number of methoxy groups -OCH3 is 1. The number of carbonyl (C=O) groups is 1. The summed E-state index contributed by atoms with van der Waals surface area (Å²) in [5.74, 6) is 0.113. The summed E-state index contributed by atoms with van der Waals surface area (Å²) in [6, 6.07) is 0.500. The molecule has 5 nitrogen and oxygen atoms in total. The summed E-state index contributed by atoms with van der Waals surface area (Å²) < 4.78 is 5.01. The Hall–Kier alpha value is -0.650. The van der Waals surface area contributed by atoms with E-state index in [-0.39, 0.29) is 18.6 Å².